The topological polar surface area (TPSA) is 37.4 Å². The Morgan fingerprint density at radius 3 is 1.50 bits per heavy atom. The molecule has 1 aliphatic carbocycles. The number of rotatable bonds is 3. The molecule has 3 aromatic carbocycles. The Morgan fingerprint density at radius 2 is 1.03 bits per heavy atom. The molecule has 2 aliphatic rings. The molecule has 1 heterocycles. The predicted molar refractivity (Wildman–Crippen MR) is 118 cm³/mol. The van der Waals surface area contributed by atoms with Gasteiger partial charge in [0.1, 0.15) is 0 Å². The molecule has 3 aromatic rings. The number of carbonyl (C=O) groups is 2. The molecule has 0 bridgehead atoms. The summed E-state index contributed by atoms with van der Waals surface area (Å²) in [7, 11) is 0. The standard InChI is InChI=1S/C27H23NO2/c1-18-10-8-9-15-23(18)28-26(29)24-21(19-11-4-2-5-12-19)16-17-22(25(24)27(28)30)20-13-6-3-7-14-20/h2-17,21-22,24-25H,1H3/t21-,22-,24+,25+/m1/s1. The summed E-state index contributed by atoms with van der Waals surface area (Å²) in [6.07, 6.45) is 4.25. The monoisotopic (exact) mass is 393 g/mol. The quantitative estimate of drug-likeness (QED) is 0.451. The fraction of sp³-hybridized carbons (Fsp3) is 0.185. The molecule has 1 saturated heterocycles. The van der Waals surface area contributed by atoms with Crippen molar-refractivity contribution in [1.29, 1.82) is 0 Å². The van der Waals surface area contributed by atoms with Gasteiger partial charge >= 0.3 is 0 Å². The fourth-order valence-corrected chi connectivity index (χ4v) is 4.99. The van der Waals surface area contributed by atoms with Gasteiger partial charge in [0.25, 0.3) is 0 Å². The van der Waals surface area contributed by atoms with Crippen LogP contribution in [-0.2, 0) is 9.59 Å². The van der Waals surface area contributed by atoms with E-state index in [0.717, 1.165) is 16.7 Å². The lowest BCUT2D eigenvalue weighted by Gasteiger charge is -2.32. The number of para-hydroxylation sites is 1. The molecule has 3 nitrogen and oxygen atoms in total. The highest BCUT2D eigenvalue weighted by atomic mass is 16.2. The van der Waals surface area contributed by atoms with Gasteiger partial charge in [0.2, 0.25) is 11.8 Å². The molecule has 0 saturated carbocycles. The van der Waals surface area contributed by atoms with Crippen LogP contribution in [0.4, 0.5) is 5.69 Å². The molecular formula is C27H23NO2. The summed E-state index contributed by atoms with van der Waals surface area (Å²) in [4.78, 5) is 28.9. The minimum atomic E-state index is -0.408. The molecule has 4 atom stereocenters. The van der Waals surface area contributed by atoms with Crippen molar-refractivity contribution in [3.63, 3.8) is 0 Å². The maximum atomic E-state index is 13.7. The lowest BCUT2D eigenvalue weighted by Crippen LogP contribution is -2.32. The van der Waals surface area contributed by atoms with E-state index < -0.39 is 11.8 Å². The lowest BCUT2D eigenvalue weighted by atomic mass is 9.68. The van der Waals surface area contributed by atoms with E-state index in [2.05, 4.69) is 12.2 Å². The summed E-state index contributed by atoms with van der Waals surface area (Å²) in [6, 6.07) is 27.7. The average molecular weight is 393 g/mol. The first-order chi connectivity index (χ1) is 14.7. The maximum Gasteiger partial charge on any atom is 0.238 e. The van der Waals surface area contributed by atoms with Gasteiger partial charge in [0, 0.05) is 11.8 Å². The van der Waals surface area contributed by atoms with E-state index in [9.17, 15) is 9.59 Å². The Kier molecular flexibility index (Phi) is 4.59. The number of amides is 2. The van der Waals surface area contributed by atoms with Crippen LogP contribution in [0.5, 0.6) is 0 Å². The molecule has 30 heavy (non-hydrogen) atoms. The van der Waals surface area contributed by atoms with E-state index in [-0.39, 0.29) is 23.7 Å². The normalized spacial score (nSPS) is 25.4. The molecule has 0 spiro atoms. The second kappa shape index (κ2) is 7.42. The van der Waals surface area contributed by atoms with Crippen LogP contribution in [0.2, 0.25) is 0 Å². The van der Waals surface area contributed by atoms with Gasteiger partial charge in [-0.1, -0.05) is 91.0 Å². The van der Waals surface area contributed by atoms with Crippen LogP contribution in [-0.4, -0.2) is 11.8 Å². The van der Waals surface area contributed by atoms with Gasteiger partial charge in [-0.05, 0) is 29.7 Å². The van der Waals surface area contributed by atoms with Crippen LogP contribution in [0.3, 0.4) is 0 Å². The highest BCUT2D eigenvalue weighted by molar-refractivity contribution is 6.23. The highest BCUT2D eigenvalue weighted by Gasteiger charge is 2.55. The maximum absolute atomic E-state index is 13.7. The fourth-order valence-electron chi connectivity index (χ4n) is 4.99. The van der Waals surface area contributed by atoms with Gasteiger partial charge in [-0.15, -0.1) is 0 Å². The number of anilines is 1. The molecule has 3 heteroatoms. The van der Waals surface area contributed by atoms with Gasteiger partial charge < -0.3 is 0 Å². The van der Waals surface area contributed by atoms with Crippen molar-refractivity contribution < 1.29 is 9.59 Å². The number of fused-ring (bicyclic) bond motifs is 1. The summed E-state index contributed by atoms with van der Waals surface area (Å²) >= 11 is 0. The van der Waals surface area contributed by atoms with Gasteiger partial charge in [0.15, 0.2) is 0 Å². The smallest absolute Gasteiger partial charge is 0.238 e. The van der Waals surface area contributed by atoms with Crippen LogP contribution in [0.15, 0.2) is 97.1 Å². The summed E-state index contributed by atoms with van der Waals surface area (Å²) in [6.45, 7) is 1.94. The molecule has 1 fully saturated rings. The van der Waals surface area contributed by atoms with E-state index in [4.69, 9.17) is 0 Å². The largest absolute Gasteiger partial charge is 0.274 e. The Balaban J connectivity index is 1.65. The second-order valence-corrected chi connectivity index (χ2v) is 8.11. The summed E-state index contributed by atoms with van der Waals surface area (Å²) < 4.78 is 0. The number of benzene rings is 3. The van der Waals surface area contributed by atoms with Gasteiger partial charge in [-0.3, -0.25) is 9.59 Å². The Labute approximate surface area is 176 Å². The van der Waals surface area contributed by atoms with Crippen LogP contribution in [0.25, 0.3) is 0 Å². The van der Waals surface area contributed by atoms with E-state index in [1.165, 1.54) is 4.90 Å². The summed E-state index contributed by atoms with van der Waals surface area (Å²) in [5.41, 5.74) is 3.77. The Morgan fingerprint density at radius 1 is 0.600 bits per heavy atom. The van der Waals surface area contributed by atoms with E-state index >= 15 is 0 Å². The van der Waals surface area contributed by atoms with Crippen LogP contribution >= 0.6 is 0 Å². The number of hydrogen-bond donors (Lipinski definition) is 0. The van der Waals surface area contributed by atoms with Crippen LogP contribution in [0.1, 0.15) is 28.5 Å². The predicted octanol–water partition coefficient (Wildman–Crippen LogP) is 5.24. The number of allylic oxidation sites excluding steroid dienone is 2. The second-order valence-electron chi connectivity index (χ2n) is 8.11. The third-order valence-electron chi connectivity index (χ3n) is 6.42. The van der Waals surface area contributed by atoms with Crippen molar-refractivity contribution >= 4 is 17.5 Å². The molecule has 0 aromatic heterocycles. The van der Waals surface area contributed by atoms with Crippen molar-refractivity contribution in [2.75, 3.05) is 4.90 Å². The Hall–Kier alpha value is -3.46. The number of hydrogen-bond acceptors (Lipinski definition) is 2. The first-order valence-electron chi connectivity index (χ1n) is 10.4. The molecule has 0 N–H and O–H groups in total. The molecule has 1 aliphatic heterocycles. The third-order valence-corrected chi connectivity index (χ3v) is 6.42. The van der Waals surface area contributed by atoms with Gasteiger partial charge in [-0.2, -0.15) is 0 Å². The van der Waals surface area contributed by atoms with Crippen molar-refractivity contribution in [3.8, 4) is 0 Å². The SMILES string of the molecule is Cc1ccccc1N1C(=O)[C@@H]2[C@@H](C1=O)[C@@H](c1ccccc1)C=C[C@@H]2c1ccccc1. The molecule has 0 radical (unpaired) electrons. The number of carbonyl (C=O) groups excluding carboxylic acids is 2. The van der Waals surface area contributed by atoms with Gasteiger partial charge in [0.05, 0.1) is 17.5 Å². The highest BCUT2D eigenvalue weighted by Crippen LogP contribution is 2.50. The number of imide groups is 1. The molecule has 0 unspecified atom stereocenters. The van der Waals surface area contributed by atoms with Crippen molar-refractivity contribution in [2.24, 2.45) is 11.8 Å². The van der Waals surface area contributed by atoms with E-state index in [1.54, 1.807) is 0 Å². The van der Waals surface area contributed by atoms with Crippen molar-refractivity contribution in [3.05, 3.63) is 114 Å². The zero-order valence-electron chi connectivity index (χ0n) is 16.8. The Bertz CT molecular complexity index is 1050. The summed E-state index contributed by atoms with van der Waals surface area (Å²) in [5, 5.41) is 0. The first kappa shape index (κ1) is 18.6. The minimum absolute atomic E-state index is 0.0987. The lowest BCUT2D eigenvalue weighted by molar-refractivity contribution is -0.122. The molecule has 148 valence electrons. The number of aryl methyl sites for hydroxylation is 1. The zero-order chi connectivity index (χ0) is 20.7. The number of nitrogens with zero attached hydrogens (tertiary/aromatic N) is 1. The van der Waals surface area contributed by atoms with Gasteiger partial charge in [-0.25, -0.2) is 4.90 Å². The molecular weight excluding hydrogens is 370 g/mol. The van der Waals surface area contributed by atoms with Crippen LogP contribution in [0, 0.1) is 18.8 Å². The van der Waals surface area contributed by atoms with Crippen molar-refractivity contribution in [2.45, 2.75) is 18.8 Å². The first-order valence-corrected chi connectivity index (χ1v) is 10.4. The van der Waals surface area contributed by atoms with Crippen LogP contribution < -0.4 is 4.90 Å². The summed E-state index contributed by atoms with van der Waals surface area (Å²) in [5.74, 6) is -1.23. The minimum Gasteiger partial charge on any atom is -0.274 e. The van der Waals surface area contributed by atoms with Crippen molar-refractivity contribution in [1.82, 2.24) is 0 Å². The molecule has 2 amide bonds. The third kappa shape index (κ3) is 2.89. The van der Waals surface area contributed by atoms with E-state index in [1.807, 2.05) is 91.9 Å². The zero-order valence-corrected chi connectivity index (χ0v) is 16.8. The van der Waals surface area contributed by atoms with E-state index in [0.29, 0.717) is 5.69 Å². The molecule has 5 rings (SSSR count). The average Bonchev–Trinajstić information content (AvgIpc) is 3.06.